The van der Waals surface area contributed by atoms with Crippen LogP contribution in [0.3, 0.4) is 0 Å². The highest BCUT2D eigenvalue weighted by Crippen LogP contribution is 2.08. The van der Waals surface area contributed by atoms with E-state index in [0.717, 1.165) is 38.1 Å². The van der Waals surface area contributed by atoms with Gasteiger partial charge in [-0.25, -0.2) is 4.68 Å². The third-order valence-electron chi connectivity index (χ3n) is 2.32. The van der Waals surface area contributed by atoms with Gasteiger partial charge in [-0.3, -0.25) is 0 Å². The number of nitrogens with two attached hydrogens (primary N) is 1. The van der Waals surface area contributed by atoms with Gasteiger partial charge in [0, 0.05) is 26.8 Å². The third-order valence-corrected chi connectivity index (χ3v) is 2.32. The zero-order chi connectivity index (χ0) is 11.1. The fourth-order valence-corrected chi connectivity index (χ4v) is 1.58. The first-order valence-corrected chi connectivity index (χ1v) is 5.43. The van der Waals surface area contributed by atoms with Crippen LogP contribution in [0.5, 0.6) is 0 Å². The van der Waals surface area contributed by atoms with Crippen LogP contribution in [0.4, 0.5) is 0 Å². The van der Waals surface area contributed by atoms with E-state index in [2.05, 4.69) is 17.2 Å². The van der Waals surface area contributed by atoms with E-state index in [9.17, 15) is 0 Å². The highest BCUT2D eigenvalue weighted by Gasteiger charge is 2.09. The average Bonchev–Trinajstić information content (AvgIpc) is 2.62. The lowest BCUT2D eigenvalue weighted by molar-refractivity contribution is 0.188. The molecule has 0 aliphatic rings. The van der Waals surface area contributed by atoms with Gasteiger partial charge in [0.05, 0.1) is 11.4 Å². The van der Waals surface area contributed by atoms with Crippen molar-refractivity contribution >= 4 is 0 Å². The largest absolute Gasteiger partial charge is 0.385 e. The summed E-state index contributed by atoms with van der Waals surface area (Å²) in [5, 5.41) is 8.19. The van der Waals surface area contributed by atoms with E-state index in [-0.39, 0.29) is 0 Å². The molecule has 1 rings (SSSR count). The number of methoxy groups -OCH3 is 1. The number of ether oxygens (including phenoxy) is 1. The summed E-state index contributed by atoms with van der Waals surface area (Å²) < 4.78 is 6.96. The molecule has 1 aromatic rings. The maximum absolute atomic E-state index is 5.61. The second-order valence-electron chi connectivity index (χ2n) is 3.51. The van der Waals surface area contributed by atoms with Gasteiger partial charge in [-0.1, -0.05) is 18.6 Å². The lowest BCUT2D eigenvalue weighted by atomic mass is 10.2. The van der Waals surface area contributed by atoms with Crippen molar-refractivity contribution in [2.24, 2.45) is 5.73 Å². The summed E-state index contributed by atoms with van der Waals surface area (Å²) in [6.07, 6.45) is 3.04. The topological polar surface area (TPSA) is 66.0 Å². The van der Waals surface area contributed by atoms with Gasteiger partial charge < -0.3 is 10.5 Å². The van der Waals surface area contributed by atoms with E-state index in [0.29, 0.717) is 6.54 Å². The Morgan fingerprint density at radius 2 is 2.27 bits per heavy atom. The molecule has 0 unspecified atom stereocenters. The average molecular weight is 212 g/mol. The molecule has 0 fully saturated rings. The highest BCUT2D eigenvalue weighted by atomic mass is 16.5. The number of aryl methyl sites for hydroxylation is 1. The molecule has 0 saturated carbocycles. The van der Waals surface area contributed by atoms with Gasteiger partial charge in [-0.15, -0.1) is 5.10 Å². The number of hydrogen-bond acceptors (Lipinski definition) is 4. The van der Waals surface area contributed by atoms with Crippen LogP contribution in [-0.2, 0) is 24.2 Å². The van der Waals surface area contributed by atoms with Crippen LogP contribution in [0.25, 0.3) is 0 Å². The van der Waals surface area contributed by atoms with Crippen LogP contribution >= 0.6 is 0 Å². The lowest BCUT2D eigenvalue weighted by Gasteiger charge is -2.05. The van der Waals surface area contributed by atoms with Crippen LogP contribution in [0.2, 0.25) is 0 Å². The van der Waals surface area contributed by atoms with Crippen molar-refractivity contribution in [2.75, 3.05) is 13.7 Å². The summed E-state index contributed by atoms with van der Waals surface area (Å²) in [5.74, 6) is 0. The molecule has 0 saturated heterocycles. The van der Waals surface area contributed by atoms with Gasteiger partial charge in [0.1, 0.15) is 0 Å². The van der Waals surface area contributed by atoms with Crippen molar-refractivity contribution in [2.45, 2.75) is 39.3 Å². The zero-order valence-electron chi connectivity index (χ0n) is 9.57. The molecule has 0 radical (unpaired) electrons. The molecule has 0 amide bonds. The van der Waals surface area contributed by atoms with Crippen molar-refractivity contribution in [1.29, 1.82) is 0 Å². The van der Waals surface area contributed by atoms with Crippen molar-refractivity contribution in [3.8, 4) is 0 Å². The molecule has 5 nitrogen and oxygen atoms in total. The molecule has 1 aromatic heterocycles. The van der Waals surface area contributed by atoms with E-state index in [1.807, 2.05) is 4.68 Å². The standard InChI is InChI=1S/C10H20N4O/c1-3-5-10-9(8-11)12-13-14(10)6-4-7-15-2/h3-8,11H2,1-2H3. The summed E-state index contributed by atoms with van der Waals surface area (Å²) in [5.41, 5.74) is 7.71. The second-order valence-corrected chi connectivity index (χ2v) is 3.51. The number of rotatable bonds is 7. The minimum absolute atomic E-state index is 0.472. The molecule has 0 aliphatic carbocycles. The Labute approximate surface area is 90.6 Å². The Balaban J connectivity index is 2.64. The Hall–Kier alpha value is -0.940. The molecular weight excluding hydrogens is 192 g/mol. The molecule has 86 valence electrons. The summed E-state index contributed by atoms with van der Waals surface area (Å²) >= 11 is 0. The summed E-state index contributed by atoms with van der Waals surface area (Å²) in [7, 11) is 1.71. The van der Waals surface area contributed by atoms with Crippen molar-refractivity contribution in [3.05, 3.63) is 11.4 Å². The predicted octanol–water partition coefficient (Wildman–Crippen LogP) is 0.726. The van der Waals surface area contributed by atoms with Crippen LogP contribution in [0, 0.1) is 0 Å². The Bertz CT molecular complexity index is 285. The molecule has 0 bridgehead atoms. The molecule has 0 aliphatic heterocycles. The van der Waals surface area contributed by atoms with Gasteiger partial charge in [0.15, 0.2) is 0 Å². The first-order chi connectivity index (χ1) is 7.33. The van der Waals surface area contributed by atoms with Crippen molar-refractivity contribution < 1.29 is 4.74 Å². The Kier molecular flexibility index (Phi) is 5.28. The summed E-state index contributed by atoms with van der Waals surface area (Å²) in [6, 6.07) is 0. The predicted molar refractivity (Wildman–Crippen MR) is 58.4 cm³/mol. The van der Waals surface area contributed by atoms with Crippen LogP contribution in [-0.4, -0.2) is 28.7 Å². The van der Waals surface area contributed by atoms with Gasteiger partial charge in [-0.2, -0.15) is 0 Å². The maximum atomic E-state index is 5.61. The molecule has 0 atom stereocenters. The van der Waals surface area contributed by atoms with Gasteiger partial charge in [-0.05, 0) is 12.8 Å². The normalized spacial score (nSPS) is 10.9. The molecule has 0 aromatic carbocycles. The highest BCUT2D eigenvalue weighted by molar-refractivity contribution is 5.09. The third kappa shape index (κ3) is 3.28. The molecular formula is C10H20N4O. The van der Waals surface area contributed by atoms with Crippen LogP contribution < -0.4 is 5.73 Å². The van der Waals surface area contributed by atoms with Crippen molar-refractivity contribution in [1.82, 2.24) is 15.0 Å². The fraction of sp³-hybridized carbons (Fsp3) is 0.800. The van der Waals surface area contributed by atoms with E-state index in [4.69, 9.17) is 10.5 Å². The van der Waals surface area contributed by atoms with Crippen LogP contribution in [0.1, 0.15) is 31.2 Å². The van der Waals surface area contributed by atoms with Gasteiger partial charge in [0.2, 0.25) is 0 Å². The number of aromatic nitrogens is 3. The molecule has 15 heavy (non-hydrogen) atoms. The van der Waals surface area contributed by atoms with E-state index in [1.54, 1.807) is 7.11 Å². The smallest absolute Gasteiger partial charge is 0.0994 e. The minimum Gasteiger partial charge on any atom is -0.385 e. The first kappa shape index (κ1) is 12.1. The minimum atomic E-state index is 0.472. The van der Waals surface area contributed by atoms with Gasteiger partial charge >= 0.3 is 0 Å². The first-order valence-electron chi connectivity index (χ1n) is 5.43. The fourth-order valence-electron chi connectivity index (χ4n) is 1.58. The Morgan fingerprint density at radius 3 is 2.87 bits per heavy atom. The van der Waals surface area contributed by atoms with Gasteiger partial charge in [0.25, 0.3) is 0 Å². The second kappa shape index (κ2) is 6.53. The number of hydrogen-bond donors (Lipinski definition) is 1. The molecule has 1 heterocycles. The zero-order valence-corrected chi connectivity index (χ0v) is 9.57. The quantitative estimate of drug-likeness (QED) is 0.676. The maximum Gasteiger partial charge on any atom is 0.0994 e. The molecule has 5 heteroatoms. The summed E-state index contributed by atoms with van der Waals surface area (Å²) in [4.78, 5) is 0. The van der Waals surface area contributed by atoms with E-state index >= 15 is 0 Å². The van der Waals surface area contributed by atoms with Crippen LogP contribution in [0.15, 0.2) is 0 Å². The van der Waals surface area contributed by atoms with E-state index in [1.165, 1.54) is 5.69 Å². The van der Waals surface area contributed by atoms with E-state index < -0.39 is 0 Å². The number of nitrogens with zero attached hydrogens (tertiary/aromatic N) is 3. The molecule has 0 spiro atoms. The monoisotopic (exact) mass is 212 g/mol. The van der Waals surface area contributed by atoms with Crippen molar-refractivity contribution in [3.63, 3.8) is 0 Å². The molecule has 2 N–H and O–H groups in total. The summed E-state index contributed by atoms with van der Waals surface area (Å²) in [6.45, 7) is 4.23. The Morgan fingerprint density at radius 1 is 1.47 bits per heavy atom. The lowest BCUT2D eigenvalue weighted by Crippen LogP contribution is -2.09. The SMILES string of the molecule is CCCc1c(CN)nnn1CCCOC.